The molecule has 2 aromatic carbocycles. The number of imide groups is 1. The minimum atomic E-state index is -1.40. The third kappa shape index (κ3) is 7.62. The van der Waals surface area contributed by atoms with E-state index in [0.717, 1.165) is 16.0 Å². The number of esters is 2. The number of rotatable bonds is 10. The first-order valence-corrected chi connectivity index (χ1v) is 15.9. The lowest BCUT2D eigenvalue weighted by atomic mass is 9.94. The second-order valence-electron chi connectivity index (χ2n) is 12.0. The Balaban J connectivity index is 1.37. The predicted octanol–water partition coefficient (Wildman–Crippen LogP) is 2.40. The molecule has 4 heterocycles. The van der Waals surface area contributed by atoms with Crippen LogP contribution in [0.15, 0.2) is 60.7 Å². The van der Waals surface area contributed by atoms with Gasteiger partial charge in [-0.1, -0.05) is 60.7 Å². The number of methoxy groups -OCH3 is 1. The molecule has 15 heteroatoms. The van der Waals surface area contributed by atoms with Crippen LogP contribution in [0.25, 0.3) is 0 Å². The molecule has 15 nitrogen and oxygen atoms in total. The first-order valence-electron chi connectivity index (χ1n) is 15.9. The van der Waals surface area contributed by atoms with Gasteiger partial charge in [0.05, 0.1) is 13.2 Å². The van der Waals surface area contributed by atoms with Crippen LogP contribution in [0.3, 0.4) is 0 Å². The largest absolute Gasteiger partial charge is 0.463 e. The molecule has 0 aliphatic carbocycles. The van der Waals surface area contributed by atoms with Gasteiger partial charge in [-0.3, -0.25) is 14.4 Å². The van der Waals surface area contributed by atoms with Crippen LogP contribution in [0.2, 0.25) is 0 Å². The first-order chi connectivity index (χ1) is 23.6. The Morgan fingerprint density at radius 1 is 0.837 bits per heavy atom. The van der Waals surface area contributed by atoms with Crippen molar-refractivity contribution in [3.63, 3.8) is 0 Å². The van der Waals surface area contributed by atoms with Gasteiger partial charge in [-0.2, -0.15) is 0 Å². The van der Waals surface area contributed by atoms with Gasteiger partial charge in [-0.15, -0.1) is 0 Å². The summed E-state index contributed by atoms with van der Waals surface area (Å²) in [5, 5.41) is 0. The third-order valence-electron chi connectivity index (χ3n) is 8.60. The molecular weight excluding hydrogens is 646 g/mol. The van der Waals surface area contributed by atoms with Crippen LogP contribution >= 0.6 is 0 Å². The summed E-state index contributed by atoms with van der Waals surface area (Å²) >= 11 is 0. The number of hydrogen-bond acceptors (Lipinski definition) is 14. The van der Waals surface area contributed by atoms with E-state index in [1.807, 2.05) is 60.7 Å². The number of nitrogens with zero attached hydrogens (tertiary/aromatic N) is 1. The Morgan fingerprint density at radius 2 is 1.55 bits per heavy atom. The highest BCUT2D eigenvalue weighted by molar-refractivity contribution is 5.92. The Bertz CT molecular complexity index is 1470. The highest BCUT2D eigenvalue weighted by Crippen LogP contribution is 2.41. The normalized spacial score (nSPS) is 33.9. The summed E-state index contributed by atoms with van der Waals surface area (Å²) in [6, 6.07) is 17.6. The highest BCUT2D eigenvalue weighted by atomic mass is 16.8. The molecule has 8 unspecified atom stereocenters. The van der Waals surface area contributed by atoms with Gasteiger partial charge in [0.25, 0.3) is 0 Å². The number of amides is 2. The molecule has 6 rings (SSSR count). The number of hydrogen-bond donors (Lipinski definition) is 0. The van der Waals surface area contributed by atoms with Crippen molar-refractivity contribution >= 4 is 23.9 Å². The zero-order valence-electron chi connectivity index (χ0n) is 27.4. The summed E-state index contributed by atoms with van der Waals surface area (Å²) in [6.45, 7) is 3.46. The Labute approximate surface area is 282 Å². The lowest BCUT2D eigenvalue weighted by molar-refractivity contribution is -0.389. The molecular formula is C34H39NO14. The van der Waals surface area contributed by atoms with E-state index in [9.17, 15) is 19.2 Å². The van der Waals surface area contributed by atoms with Gasteiger partial charge in [0.1, 0.15) is 43.2 Å². The molecule has 0 bridgehead atoms. The Morgan fingerprint density at radius 3 is 2.20 bits per heavy atom. The smallest absolute Gasteiger partial charge is 0.417 e. The second kappa shape index (κ2) is 15.3. The highest BCUT2D eigenvalue weighted by Gasteiger charge is 2.62. The average molecular weight is 686 g/mol. The van der Waals surface area contributed by atoms with E-state index in [1.54, 1.807) is 0 Å². The van der Waals surface area contributed by atoms with Crippen LogP contribution in [-0.2, 0) is 68.4 Å². The van der Waals surface area contributed by atoms with Gasteiger partial charge in [0.15, 0.2) is 31.1 Å². The molecule has 0 saturated carbocycles. The molecule has 4 fully saturated rings. The van der Waals surface area contributed by atoms with Crippen LogP contribution in [0.5, 0.6) is 0 Å². The third-order valence-corrected chi connectivity index (χ3v) is 8.60. The zero-order valence-corrected chi connectivity index (χ0v) is 27.4. The number of carbonyl (C=O) groups excluding carboxylic acids is 4. The van der Waals surface area contributed by atoms with Gasteiger partial charge < -0.3 is 47.4 Å². The number of ether oxygens (including phenoxy) is 10. The summed E-state index contributed by atoms with van der Waals surface area (Å²) in [6.07, 6.45) is -11.2. The van der Waals surface area contributed by atoms with Crippen molar-refractivity contribution < 1.29 is 66.5 Å². The van der Waals surface area contributed by atoms with E-state index >= 15 is 0 Å². The number of benzene rings is 2. The quantitative estimate of drug-likeness (QED) is 0.265. The van der Waals surface area contributed by atoms with Crippen molar-refractivity contribution in [2.75, 3.05) is 20.3 Å². The molecule has 264 valence electrons. The van der Waals surface area contributed by atoms with Gasteiger partial charge in [-0.25, -0.2) is 9.69 Å². The molecule has 4 aliphatic heterocycles. The number of fused-ring (bicyclic) bond motifs is 2. The predicted molar refractivity (Wildman–Crippen MR) is 163 cm³/mol. The van der Waals surface area contributed by atoms with Crippen molar-refractivity contribution in [1.29, 1.82) is 0 Å². The van der Waals surface area contributed by atoms with Crippen LogP contribution in [0.1, 0.15) is 38.2 Å². The van der Waals surface area contributed by atoms with Gasteiger partial charge >= 0.3 is 18.0 Å². The topological polar surface area (TPSA) is 164 Å². The van der Waals surface area contributed by atoms with E-state index in [0.29, 0.717) is 0 Å². The molecule has 49 heavy (non-hydrogen) atoms. The zero-order chi connectivity index (χ0) is 34.7. The SMILES string of the molecule is CO[C@H]1OC2COC(c3ccccc3)O[C@H]2C(OC2OC(COC(C)=O)C(OC(C)=O)[C@@H]3OC(=O)N(C(C)=O)C23)C1OCc1ccccc1. The van der Waals surface area contributed by atoms with Crippen molar-refractivity contribution in [2.24, 2.45) is 0 Å². The van der Waals surface area contributed by atoms with Gasteiger partial charge in [-0.05, 0) is 5.56 Å². The minimum Gasteiger partial charge on any atom is -0.463 e. The molecule has 0 aromatic heterocycles. The Hall–Kier alpha value is -3.96. The standard InChI is InChI=1S/C34H39NO14/c1-18(36)35-25-28(49-34(35)39)26(44-20(3)38)23(16-41-19(2)37)45-32(25)48-29-27-24(17-43-31(47-27)22-13-9-6-10-14-22)46-33(40-4)30(29)42-15-21-11-7-5-8-12-21/h5-14,23-33H,15-17H2,1-4H3/t23?,24?,25?,26?,27-,28-,29?,30?,31?,32?,33+/m1/s1. The van der Waals surface area contributed by atoms with Crippen molar-refractivity contribution in [1.82, 2.24) is 4.90 Å². The van der Waals surface area contributed by atoms with Gasteiger partial charge in [0, 0.05) is 33.4 Å². The van der Waals surface area contributed by atoms with Crippen LogP contribution in [-0.4, -0.2) is 111 Å². The molecule has 0 spiro atoms. The van der Waals surface area contributed by atoms with Crippen LogP contribution in [0, 0.1) is 0 Å². The fraction of sp³-hybridized carbons (Fsp3) is 0.529. The maximum atomic E-state index is 13.1. The molecule has 2 aromatic rings. The summed E-state index contributed by atoms with van der Waals surface area (Å²) < 4.78 is 60.5. The summed E-state index contributed by atoms with van der Waals surface area (Å²) in [4.78, 5) is 50.8. The van der Waals surface area contributed by atoms with Crippen LogP contribution in [0.4, 0.5) is 4.79 Å². The summed E-state index contributed by atoms with van der Waals surface area (Å²) in [7, 11) is 1.46. The van der Waals surface area contributed by atoms with E-state index in [2.05, 4.69) is 0 Å². The van der Waals surface area contributed by atoms with Crippen molar-refractivity contribution in [3.05, 3.63) is 71.8 Å². The first kappa shape index (κ1) is 34.9. The lowest BCUT2D eigenvalue weighted by Crippen LogP contribution is -2.68. The van der Waals surface area contributed by atoms with E-state index in [-0.39, 0.29) is 19.8 Å². The van der Waals surface area contributed by atoms with Crippen LogP contribution < -0.4 is 0 Å². The average Bonchev–Trinajstić information content (AvgIpc) is 3.45. The molecule has 0 radical (unpaired) electrons. The Kier molecular flexibility index (Phi) is 10.9. The van der Waals surface area contributed by atoms with E-state index in [4.69, 9.17) is 47.4 Å². The minimum absolute atomic E-state index is 0.109. The van der Waals surface area contributed by atoms with Crippen molar-refractivity contribution in [2.45, 2.75) is 95.0 Å². The van der Waals surface area contributed by atoms with E-state index in [1.165, 1.54) is 27.9 Å². The summed E-state index contributed by atoms with van der Waals surface area (Å²) in [5.74, 6) is -1.98. The van der Waals surface area contributed by atoms with Gasteiger partial charge in [0.2, 0.25) is 5.91 Å². The van der Waals surface area contributed by atoms with Crippen molar-refractivity contribution in [3.8, 4) is 0 Å². The maximum Gasteiger partial charge on any atom is 0.417 e. The lowest BCUT2D eigenvalue weighted by Gasteiger charge is -2.51. The fourth-order valence-electron chi connectivity index (χ4n) is 6.48. The van der Waals surface area contributed by atoms with E-state index < -0.39 is 91.6 Å². The maximum absolute atomic E-state index is 13.1. The molecule has 0 N–H and O–H groups in total. The fourth-order valence-corrected chi connectivity index (χ4v) is 6.48. The molecule has 2 amide bonds. The monoisotopic (exact) mass is 685 g/mol. The summed E-state index contributed by atoms with van der Waals surface area (Å²) in [5.41, 5.74) is 1.62. The number of carbonyl (C=O) groups is 4. The molecule has 11 atom stereocenters. The molecule has 4 saturated heterocycles. The second-order valence-corrected chi connectivity index (χ2v) is 12.0. The molecule has 4 aliphatic rings.